The van der Waals surface area contributed by atoms with Gasteiger partial charge in [0, 0.05) is 25.2 Å². The number of allylic oxidation sites excluding steroid dienone is 1. The molecule has 3 nitrogen and oxygen atoms in total. The molecular weight excluding hydrogens is 278 g/mol. The summed E-state index contributed by atoms with van der Waals surface area (Å²) in [6.45, 7) is 10.9. The molecule has 0 aliphatic carbocycles. The minimum absolute atomic E-state index is 0.378. The maximum Gasteiger partial charge on any atom is 0.178 e. The quantitative estimate of drug-likeness (QED) is 0.647. The van der Waals surface area contributed by atoms with Crippen molar-refractivity contribution in [2.24, 2.45) is 0 Å². The highest BCUT2D eigenvalue weighted by Gasteiger charge is 2.26. The van der Waals surface area contributed by atoms with Gasteiger partial charge in [0.1, 0.15) is 0 Å². The summed E-state index contributed by atoms with van der Waals surface area (Å²) in [4.78, 5) is 5.89. The van der Waals surface area contributed by atoms with Gasteiger partial charge in [-0.15, -0.1) is 0 Å². The van der Waals surface area contributed by atoms with Crippen LogP contribution in [0.2, 0.25) is 0 Å². The van der Waals surface area contributed by atoms with Crippen LogP contribution in [0.4, 0.5) is 0 Å². The Morgan fingerprint density at radius 1 is 1.38 bits per heavy atom. The summed E-state index contributed by atoms with van der Waals surface area (Å²) in [7, 11) is 0. The Labute approximate surface area is 131 Å². The second-order valence-corrected chi connectivity index (χ2v) is 6.69. The van der Waals surface area contributed by atoms with E-state index in [0.29, 0.717) is 12.1 Å². The number of imidazole rings is 1. The van der Waals surface area contributed by atoms with Gasteiger partial charge in [0.15, 0.2) is 4.77 Å². The molecule has 2 aromatic rings. The van der Waals surface area contributed by atoms with Gasteiger partial charge in [0.25, 0.3) is 0 Å². The first-order valence-corrected chi connectivity index (χ1v) is 8.00. The molecule has 0 bridgehead atoms. The lowest BCUT2D eigenvalue weighted by atomic mass is 10.1. The number of para-hydroxylation sites is 1. The highest BCUT2D eigenvalue weighted by molar-refractivity contribution is 7.71. The summed E-state index contributed by atoms with van der Waals surface area (Å²) >= 11 is 5.54. The van der Waals surface area contributed by atoms with Gasteiger partial charge in [-0.1, -0.05) is 23.8 Å². The maximum absolute atomic E-state index is 5.54. The minimum Gasteiger partial charge on any atom is -0.331 e. The average Bonchev–Trinajstić information content (AvgIpc) is 2.72. The fourth-order valence-electron chi connectivity index (χ4n) is 3.27. The number of aromatic nitrogens is 2. The molecule has 1 aromatic heterocycles. The van der Waals surface area contributed by atoms with Crippen LogP contribution >= 0.6 is 12.2 Å². The molecule has 2 heterocycles. The van der Waals surface area contributed by atoms with Gasteiger partial charge in [0.05, 0.1) is 11.0 Å². The Bertz CT molecular complexity index is 749. The summed E-state index contributed by atoms with van der Waals surface area (Å²) in [5, 5.41) is 0. The summed E-state index contributed by atoms with van der Waals surface area (Å²) in [6.07, 6.45) is 2.31. The lowest BCUT2D eigenvalue weighted by molar-refractivity contribution is 0.213. The summed E-state index contributed by atoms with van der Waals surface area (Å²) in [6, 6.07) is 7.25. The third kappa shape index (κ3) is 2.47. The van der Waals surface area contributed by atoms with E-state index in [1.807, 2.05) is 0 Å². The first-order valence-electron chi connectivity index (χ1n) is 7.59. The Balaban J connectivity index is 2.14. The number of H-pyrrole nitrogens is 1. The van der Waals surface area contributed by atoms with Gasteiger partial charge in [-0.3, -0.25) is 4.90 Å². The Morgan fingerprint density at radius 2 is 2.14 bits per heavy atom. The van der Waals surface area contributed by atoms with Crippen LogP contribution in [-0.4, -0.2) is 27.5 Å². The van der Waals surface area contributed by atoms with Crippen molar-refractivity contribution in [1.29, 1.82) is 0 Å². The van der Waals surface area contributed by atoms with Crippen LogP contribution in [0.3, 0.4) is 0 Å². The number of hydrogen-bond acceptors (Lipinski definition) is 2. The van der Waals surface area contributed by atoms with Crippen molar-refractivity contribution in [2.45, 2.75) is 39.8 Å². The fraction of sp³-hybridized carbons (Fsp3) is 0.471. The predicted molar refractivity (Wildman–Crippen MR) is 91.3 cm³/mol. The summed E-state index contributed by atoms with van der Waals surface area (Å²) in [5.74, 6) is 0. The van der Waals surface area contributed by atoms with Crippen LogP contribution in [0, 0.1) is 4.77 Å². The zero-order chi connectivity index (χ0) is 15.1. The van der Waals surface area contributed by atoms with Crippen LogP contribution in [-0.2, 0) is 0 Å². The van der Waals surface area contributed by atoms with Crippen molar-refractivity contribution in [2.75, 3.05) is 13.1 Å². The van der Waals surface area contributed by atoms with Crippen molar-refractivity contribution >= 4 is 23.3 Å². The molecular formula is C17H23N3S. The molecule has 1 aromatic carbocycles. The van der Waals surface area contributed by atoms with Gasteiger partial charge in [0.2, 0.25) is 0 Å². The molecule has 1 aliphatic rings. The number of nitrogens with one attached hydrogen (secondary N) is 1. The normalized spacial score (nSPS) is 22.3. The molecule has 0 spiro atoms. The van der Waals surface area contributed by atoms with E-state index >= 15 is 0 Å². The maximum atomic E-state index is 5.54. The third-order valence-electron chi connectivity index (χ3n) is 4.44. The SMILES string of the molecule is CC(C)=CCN1C[C@@H](C)n2c(=S)[nH]c3cccc(c32)[C@@H]1C. The second-order valence-electron chi connectivity index (χ2n) is 6.30. The summed E-state index contributed by atoms with van der Waals surface area (Å²) < 4.78 is 3.13. The average molecular weight is 301 g/mol. The minimum atomic E-state index is 0.378. The van der Waals surface area contributed by atoms with Crippen LogP contribution in [0.1, 0.15) is 45.3 Å². The number of hydrogen-bond donors (Lipinski definition) is 1. The van der Waals surface area contributed by atoms with Crippen LogP contribution in [0.5, 0.6) is 0 Å². The number of rotatable bonds is 2. The highest BCUT2D eigenvalue weighted by Crippen LogP contribution is 2.34. The lowest BCUT2D eigenvalue weighted by Crippen LogP contribution is -2.30. The Morgan fingerprint density at radius 3 is 2.86 bits per heavy atom. The number of nitrogens with zero attached hydrogens (tertiary/aromatic N) is 2. The van der Waals surface area contributed by atoms with Crippen molar-refractivity contribution in [3.8, 4) is 0 Å². The van der Waals surface area contributed by atoms with E-state index in [9.17, 15) is 0 Å². The standard InChI is InChI=1S/C17H23N3S/c1-11(2)8-9-19-10-12(3)20-16-14(13(19)4)6-5-7-15(16)18-17(20)21/h5-8,12-13H,9-10H2,1-4H3,(H,18,21)/t12-,13+/m1/s1. The highest BCUT2D eigenvalue weighted by atomic mass is 32.1. The molecule has 1 N–H and O–H groups in total. The van der Waals surface area contributed by atoms with Crippen molar-refractivity contribution in [3.05, 3.63) is 40.2 Å². The van der Waals surface area contributed by atoms with E-state index in [2.05, 4.69) is 66.4 Å². The van der Waals surface area contributed by atoms with E-state index in [1.54, 1.807) is 0 Å². The topological polar surface area (TPSA) is 24.0 Å². The van der Waals surface area contributed by atoms with E-state index in [1.165, 1.54) is 16.7 Å². The molecule has 0 radical (unpaired) electrons. The van der Waals surface area contributed by atoms with Crippen LogP contribution in [0.15, 0.2) is 29.8 Å². The molecule has 0 amide bonds. The van der Waals surface area contributed by atoms with Crippen molar-refractivity contribution in [3.63, 3.8) is 0 Å². The molecule has 21 heavy (non-hydrogen) atoms. The number of aromatic amines is 1. The van der Waals surface area contributed by atoms with Crippen molar-refractivity contribution < 1.29 is 0 Å². The smallest absolute Gasteiger partial charge is 0.178 e. The Hall–Kier alpha value is -1.39. The second kappa shape index (κ2) is 5.43. The molecule has 0 fully saturated rings. The summed E-state index contributed by atoms with van der Waals surface area (Å²) in [5.41, 5.74) is 5.17. The zero-order valence-corrected chi connectivity index (χ0v) is 14.0. The van der Waals surface area contributed by atoms with E-state index in [-0.39, 0.29) is 0 Å². The molecule has 4 heteroatoms. The first kappa shape index (κ1) is 14.5. The molecule has 112 valence electrons. The van der Waals surface area contributed by atoms with Gasteiger partial charge in [-0.2, -0.15) is 0 Å². The third-order valence-corrected chi connectivity index (χ3v) is 4.74. The van der Waals surface area contributed by atoms with Crippen LogP contribution < -0.4 is 0 Å². The molecule has 0 saturated carbocycles. The monoisotopic (exact) mass is 301 g/mol. The Kier molecular flexibility index (Phi) is 3.76. The van der Waals surface area contributed by atoms with Crippen LogP contribution in [0.25, 0.3) is 11.0 Å². The van der Waals surface area contributed by atoms with Gasteiger partial charge < -0.3 is 9.55 Å². The largest absolute Gasteiger partial charge is 0.331 e. The fourth-order valence-corrected chi connectivity index (χ4v) is 3.66. The van der Waals surface area contributed by atoms with Gasteiger partial charge in [-0.25, -0.2) is 0 Å². The molecule has 0 unspecified atom stereocenters. The molecule has 3 rings (SSSR count). The zero-order valence-electron chi connectivity index (χ0n) is 13.2. The van der Waals surface area contributed by atoms with E-state index < -0.39 is 0 Å². The van der Waals surface area contributed by atoms with Gasteiger partial charge in [-0.05, 0) is 51.5 Å². The van der Waals surface area contributed by atoms with Crippen molar-refractivity contribution in [1.82, 2.24) is 14.5 Å². The molecule has 1 aliphatic heterocycles. The lowest BCUT2D eigenvalue weighted by Gasteiger charge is -2.28. The van der Waals surface area contributed by atoms with Gasteiger partial charge >= 0.3 is 0 Å². The molecule has 0 saturated heterocycles. The van der Waals surface area contributed by atoms with E-state index in [4.69, 9.17) is 12.2 Å². The molecule has 2 atom stereocenters. The number of benzene rings is 1. The first-order chi connectivity index (χ1) is 9.99. The van der Waals surface area contributed by atoms with E-state index in [0.717, 1.165) is 23.4 Å². The predicted octanol–water partition coefficient (Wildman–Crippen LogP) is 4.60.